The molecule has 0 radical (unpaired) electrons. The lowest BCUT2D eigenvalue weighted by molar-refractivity contribution is -0.137. The molecule has 1 aliphatic rings. The van der Waals surface area contributed by atoms with Crippen LogP contribution < -0.4 is 0 Å². The van der Waals surface area contributed by atoms with Crippen molar-refractivity contribution in [1.82, 2.24) is 0 Å². The van der Waals surface area contributed by atoms with Crippen molar-refractivity contribution in [1.29, 1.82) is 0 Å². The molecule has 0 saturated carbocycles. The summed E-state index contributed by atoms with van der Waals surface area (Å²) in [6.45, 7) is 0.631. The van der Waals surface area contributed by atoms with Gasteiger partial charge in [-0.3, -0.25) is 4.79 Å². The van der Waals surface area contributed by atoms with Crippen molar-refractivity contribution in [2.24, 2.45) is 0 Å². The first-order chi connectivity index (χ1) is 3.29. The maximum Gasteiger partial charge on any atom is 0.306 e. The van der Waals surface area contributed by atoms with Crippen LogP contribution in [0.3, 0.4) is 0 Å². The van der Waals surface area contributed by atoms with Crippen LogP contribution in [0.5, 0.6) is 0 Å². The third-order valence-corrected chi connectivity index (χ3v) is 0.805. The van der Waals surface area contributed by atoms with Gasteiger partial charge in [-0.25, -0.2) is 0 Å². The Kier molecular flexibility index (Phi) is 0.982. The van der Waals surface area contributed by atoms with E-state index in [4.69, 9.17) is 5.11 Å². The zero-order valence-corrected chi connectivity index (χ0v) is 3.76. The maximum atomic E-state index is 9.77. The molecule has 0 amide bonds. The lowest BCUT2D eigenvalue weighted by atomic mass is 10.3. The monoisotopic (exact) mass is 102 g/mol. The van der Waals surface area contributed by atoms with E-state index in [1.165, 1.54) is 0 Å². The summed E-state index contributed by atoms with van der Waals surface area (Å²) in [5, 5.41) is 8.04. The Balaban J connectivity index is 2.08. The van der Waals surface area contributed by atoms with Crippen LogP contribution >= 0.6 is 0 Å². The zero-order valence-electron chi connectivity index (χ0n) is 3.76. The fourth-order valence-electron chi connectivity index (χ4n) is 0.381. The molecule has 0 aromatic rings. The van der Waals surface area contributed by atoms with Crippen molar-refractivity contribution in [3.8, 4) is 0 Å². The molecule has 1 heterocycles. The summed E-state index contributed by atoms with van der Waals surface area (Å²) in [5.41, 5.74) is 0. The van der Waals surface area contributed by atoms with E-state index >= 15 is 0 Å². The smallest absolute Gasteiger partial charge is 0.306 e. The van der Waals surface area contributed by atoms with Crippen LogP contribution in [0.1, 0.15) is 6.42 Å². The number of carbonyl (C=O) groups is 1. The summed E-state index contributed by atoms with van der Waals surface area (Å²) in [5.74, 6) is -0.775. The molecule has 1 atom stereocenters. The Labute approximate surface area is 40.9 Å². The van der Waals surface area contributed by atoms with Crippen molar-refractivity contribution < 1.29 is 14.6 Å². The van der Waals surface area contributed by atoms with Crippen LogP contribution in [-0.2, 0) is 9.53 Å². The number of epoxide rings is 1. The highest BCUT2D eigenvalue weighted by molar-refractivity contribution is 5.67. The van der Waals surface area contributed by atoms with Gasteiger partial charge in [-0.2, -0.15) is 0 Å². The number of aliphatic carboxylic acids is 1. The predicted molar refractivity (Wildman–Crippen MR) is 22.0 cm³/mol. The maximum absolute atomic E-state index is 9.77. The number of rotatable bonds is 2. The minimum atomic E-state index is -0.775. The van der Waals surface area contributed by atoms with Gasteiger partial charge < -0.3 is 9.84 Å². The summed E-state index contributed by atoms with van der Waals surface area (Å²) >= 11 is 0. The summed E-state index contributed by atoms with van der Waals surface area (Å²) in [4.78, 5) is 9.77. The molecule has 0 aromatic heterocycles. The summed E-state index contributed by atoms with van der Waals surface area (Å²) in [7, 11) is 0. The first kappa shape index (κ1) is 4.59. The van der Waals surface area contributed by atoms with Crippen molar-refractivity contribution in [2.45, 2.75) is 12.5 Å². The normalized spacial score (nSPS) is 27.1. The molecule has 1 rings (SSSR count). The topological polar surface area (TPSA) is 49.8 Å². The van der Waals surface area contributed by atoms with E-state index in [1.54, 1.807) is 0 Å². The van der Waals surface area contributed by atoms with Gasteiger partial charge in [0.1, 0.15) is 0 Å². The molecule has 40 valence electrons. The number of hydrogen-bond donors (Lipinski definition) is 1. The van der Waals surface area contributed by atoms with Gasteiger partial charge in [-0.05, 0) is 0 Å². The van der Waals surface area contributed by atoms with Crippen molar-refractivity contribution >= 4 is 5.97 Å². The number of hydrogen-bond acceptors (Lipinski definition) is 2. The van der Waals surface area contributed by atoms with Crippen molar-refractivity contribution in [2.75, 3.05) is 6.61 Å². The van der Waals surface area contributed by atoms with E-state index in [1.807, 2.05) is 0 Å². The molecular weight excluding hydrogens is 96.0 g/mol. The lowest BCUT2D eigenvalue weighted by Gasteiger charge is -1.80. The van der Waals surface area contributed by atoms with Gasteiger partial charge in [-0.15, -0.1) is 0 Å². The van der Waals surface area contributed by atoms with Crippen LogP contribution in [0.15, 0.2) is 0 Å². The minimum absolute atomic E-state index is 0.0255. The van der Waals surface area contributed by atoms with E-state index in [2.05, 4.69) is 4.74 Å². The molecule has 1 fully saturated rings. The fourth-order valence-corrected chi connectivity index (χ4v) is 0.381. The van der Waals surface area contributed by atoms with Gasteiger partial charge in [0, 0.05) is 0 Å². The van der Waals surface area contributed by atoms with E-state index in [9.17, 15) is 4.79 Å². The molecule has 1 aliphatic heterocycles. The molecule has 1 N–H and O–H groups in total. The van der Waals surface area contributed by atoms with Crippen LogP contribution in [-0.4, -0.2) is 23.8 Å². The van der Waals surface area contributed by atoms with Crippen LogP contribution in [0.4, 0.5) is 0 Å². The Hall–Kier alpha value is -0.570. The van der Waals surface area contributed by atoms with E-state index in [-0.39, 0.29) is 12.5 Å². The van der Waals surface area contributed by atoms with Gasteiger partial charge in [-0.1, -0.05) is 0 Å². The molecule has 0 spiro atoms. The molecular formula is C4H6O3. The average Bonchev–Trinajstić information content (AvgIpc) is 2.17. The first-order valence-corrected chi connectivity index (χ1v) is 2.12. The second kappa shape index (κ2) is 1.50. The van der Waals surface area contributed by atoms with Gasteiger partial charge in [0.05, 0.1) is 19.1 Å². The molecule has 0 aromatic carbocycles. The quantitative estimate of drug-likeness (QED) is 0.493. The van der Waals surface area contributed by atoms with E-state index in [0.717, 1.165) is 0 Å². The molecule has 0 bridgehead atoms. The third kappa shape index (κ3) is 1.55. The minimum Gasteiger partial charge on any atom is -0.481 e. The van der Waals surface area contributed by atoms with Crippen molar-refractivity contribution in [3.05, 3.63) is 0 Å². The SMILES string of the molecule is O=C(O)C[C@H]1CO1. The first-order valence-electron chi connectivity index (χ1n) is 2.12. The fraction of sp³-hybridized carbons (Fsp3) is 0.750. The summed E-state index contributed by atoms with van der Waals surface area (Å²) < 4.78 is 4.64. The summed E-state index contributed by atoms with van der Waals surface area (Å²) in [6, 6.07) is 0. The predicted octanol–water partition coefficient (Wildman–Crippen LogP) is -0.140. The van der Waals surface area contributed by atoms with E-state index < -0.39 is 5.97 Å². The second-order valence-corrected chi connectivity index (χ2v) is 1.55. The molecule has 0 unspecified atom stereocenters. The Morgan fingerprint density at radius 1 is 2.00 bits per heavy atom. The highest BCUT2D eigenvalue weighted by Crippen LogP contribution is 2.12. The molecule has 3 heteroatoms. The molecule has 7 heavy (non-hydrogen) atoms. The van der Waals surface area contributed by atoms with Crippen molar-refractivity contribution in [3.63, 3.8) is 0 Å². The highest BCUT2D eigenvalue weighted by atomic mass is 16.6. The summed E-state index contributed by atoms with van der Waals surface area (Å²) in [6.07, 6.45) is 0.192. The third-order valence-electron chi connectivity index (χ3n) is 0.805. The number of carboxylic acids is 1. The van der Waals surface area contributed by atoms with Gasteiger partial charge in [0.2, 0.25) is 0 Å². The van der Waals surface area contributed by atoms with Crippen LogP contribution in [0.2, 0.25) is 0 Å². The highest BCUT2D eigenvalue weighted by Gasteiger charge is 2.24. The molecule has 1 saturated heterocycles. The van der Waals surface area contributed by atoms with Gasteiger partial charge in [0.25, 0.3) is 0 Å². The Bertz CT molecular complexity index is 84.9. The van der Waals surface area contributed by atoms with Crippen LogP contribution in [0, 0.1) is 0 Å². The van der Waals surface area contributed by atoms with E-state index in [0.29, 0.717) is 6.61 Å². The standard InChI is InChI=1S/C4H6O3/c5-4(6)1-3-2-7-3/h3H,1-2H2,(H,5,6)/t3-/m0/s1. The van der Waals surface area contributed by atoms with Crippen LogP contribution in [0.25, 0.3) is 0 Å². The lowest BCUT2D eigenvalue weighted by Crippen LogP contribution is -1.98. The Morgan fingerprint density at radius 2 is 2.57 bits per heavy atom. The largest absolute Gasteiger partial charge is 0.481 e. The molecule has 3 nitrogen and oxygen atoms in total. The zero-order chi connectivity index (χ0) is 5.28. The Morgan fingerprint density at radius 3 is 2.71 bits per heavy atom. The second-order valence-electron chi connectivity index (χ2n) is 1.55. The van der Waals surface area contributed by atoms with Gasteiger partial charge in [0.15, 0.2) is 0 Å². The molecule has 0 aliphatic carbocycles. The average molecular weight is 102 g/mol. The van der Waals surface area contributed by atoms with Gasteiger partial charge >= 0.3 is 5.97 Å². The number of carboxylic acid groups (broad SMARTS) is 1. The number of ether oxygens (including phenoxy) is 1.